The van der Waals surface area contributed by atoms with Crippen LogP contribution in [0, 0.1) is 18.3 Å². The number of likely N-dealkylation sites (tertiary alicyclic amines) is 2. The van der Waals surface area contributed by atoms with E-state index in [0.717, 1.165) is 42.3 Å². The van der Waals surface area contributed by atoms with Crippen LogP contribution in [-0.2, 0) is 0 Å². The van der Waals surface area contributed by atoms with Crippen molar-refractivity contribution in [2.24, 2.45) is 11.3 Å². The van der Waals surface area contributed by atoms with E-state index in [9.17, 15) is 4.79 Å². The number of aryl methyl sites for hydroxylation is 1. The van der Waals surface area contributed by atoms with Gasteiger partial charge in [-0.2, -0.15) is 0 Å². The van der Waals surface area contributed by atoms with Crippen LogP contribution in [0.5, 0.6) is 5.75 Å². The molecule has 3 aliphatic rings. The predicted molar refractivity (Wildman–Crippen MR) is 113 cm³/mol. The number of hydrogen-bond acceptors (Lipinski definition) is 3. The molecule has 0 N–H and O–H groups in total. The maximum atomic E-state index is 13.1. The standard InChI is InChI=1S/C24H36N2O2/c1-19-9-10-21(15-22(19)28-2)23(27)26-14-12-24(18-26)11-6-13-25(17-24)16-20-7-4-3-5-8-20/h9-10,15,20H,3-8,11-14,16-18H2,1-2H3. The zero-order valence-electron chi connectivity index (χ0n) is 17.7. The molecule has 4 rings (SSSR count). The number of piperidine rings is 1. The summed E-state index contributed by atoms with van der Waals surface area (Å²) in [5.41, 5.74) is 2.15. The second-order valence-corrected chi connectivity index (χ2v) is 9.50. The molecule has 1 spiro atoms. The van der Waals surface area contributed by atoms with Gasteiger partial charge in [0.25, 0.3) is 5.91 Å². The first-order valence-electron chi connectivity index (χ1n) is 11.2. The first-order valence-corrected chi connectivity index (χ1v) is 11.2. The largest absolute Gasteiger partial charge is 0.496 e. The van der Waals surface area contributed by atoms with E-state index in [2.05, 4.69) is 9.80 Å². The average molecular weight is 385 g/mol. The Morgan fingerprint density at radius 3 is 2.71 bits per heavy atom. The third kappa shape index (κ3) is 4.22. The number of hydrogen-bond donors (Lipinski definition) is 0. The highest BCUT2D eigenvalue weighted by Gasteiger charge is 2.43. The van der Waals surface area contributed by atoms with Gasteiger partial charge in [-0.05, 0) is 69.2 Å². The predicted octanol–water partition coefficient (Wildman–Crippen LogP) is 4.51. The lowest BCUT2D eigenvalue weighted by atomic mass is 9.78. The Morgan fingerprint density at radius 2 is 1.93 bits per heavy atom. The van der Waals surface area contributed by atoms with E-state index in [1.165, 1.54) is 64.6 Å². The highest BCUT2D eigenvalue weighted by Crippen LogP contribution is 2.40. The fourth-order valence-corrected chi connectivity index (χ4v) is 5.78. The fraction of sp³-hybridized carbons (Fsp3) is 0.708. The molecule has 0 bridgehead atoms. The van der Waals surface area contributed by atoms with Crippen LogP contribution >= 0.6 is 0 Å². The van der Waals surface area contributed by atoms with Crippen molar-refractivity contribution in [3.63, 3.8) is 0 Å². The smallest absolute Gasteiger partial charge is 0.254 e. The molecule has 28 heavy (non-hydrogen) atoms. The molecule has 1 aliphatic carbocycles. The number of ether oxygens (including phenoxy) is 1. The van der Waals surface area contributed by atoms with Crippen LogP contribution in [0.1, 0.15) is 67.3 Å². The molecule has 0 radical (unpaired) electrons. The molecule has 4 nitrogen and oxygen atoms in total. The van der Waals surface area contributed by atoms with Gasteiger partial charge in [-0.1, -0.05) is 25.3 Å². The van der Waals surface area contributed by atoms with Gasteiger partial charge >= 0.3 is 0 Å². The zero-order chi connectivity index (χ0) is 19.6. The van der Waals surface area contributed by atoms with Crippen molar-refractivity contribution in [1.29, 1.82) is 0 Å². The third-order valence-corrected chi connectivity index (χ3v) is 7.36. The maximum Gasteiger partial charge on any atom is 0.254 e. The highest BCUT2D eigenvalue weighted by molar-refractivity contribution is 5.95. The average Bonchev–Trinajstić information content (AvgIpc) is 3.11. The van der Waals surface area contributed by atoms with Gasteiger partial charge < -0.3 is 14.5 Å². The summed E-state index contributed by atoms with van der Waals surface area (Å²) in [6, 6.07) is 5.84. The minimum absolute atomic E-state index is 0.166. The topological polar surface area (TPSA) is 32.8 Å². The highest BCUT2D eigenvalue weighted by atomic mass is 16.5. The van der Waals surface area contributed by atoms with Crippen LogP contribution < -0.4 is 4.74 Å². The van der Waals surface area contributed by atoms with Crippen molar-refractivity contribution in [2.45, 2.75) is 58.3 Å². The first kappa shape index (κ1) is 19.8. The third-order valence-electron chi connectivity index (χ3n) is 7.36. The van der Waals surface area contributed by atoms with Crippen molar-refractivity contribution in [3.8, 4) is 5.75 Å². The molecule has 1 unspecified atom stereocenters. The number of methoxy groups -OCH3 is 1. The van der Waals surface area contributed by atoms with Crippen LogP contribution in [0.25, 0.3) is 0 Å². The van der Waals surface area contributed by atoms with E-state index in [4.69, 9.17) is 4.74 Å². The minimum atomic E-state index is 0.166. The van der Waals surface area contributed by atoms with E-state index in [0.29, 0.717) is 5.41 Å². The molecule has 1 saturated carbocycles. The summed E-state index contributed by atoms with van der Waals surface area (Å²) >= 11 is 0. The molecular formula is C24H36N2O2. The summed E-state index contributed by atoms with van der Waals surface area (Å²) in [5, 5.41) is 0. The summed E-state index contributed by atoms with van der Waals surface area (Å²) in [6.45, 7) is 7.55. The number of nitrogens with zero attached hydrogens (tertiary/aromatic N) is 2. The summed E-state index contributed by atoms with van der Waals surface area (Å²) < 4.78 is 5.42. The van der Waals surface area contributed by atoms with Crippen molar-refractivity contribution in [3.05, 3.63) is 29.3 Å². The van der Waals surface area contributed by atoms with Gasteiger partial charge in [-0.15, -0.1) is 0 Å². The van der Waals surface area contributed by atoms with Gasteiger partial charge in [0.05, 0.1) is 7.11 Å². The zero-order valence-corrected chi connectivity index (χ0v) is 17.7. The monoisotopic (exact) mass is 384 g/mol. The minimum Gasteiger partial charge on any atom is -0.496 e. The Labute approximate surface area is 170 Å². The van der Waals surface area contributed by atoms with Gasteiger partial charge in [0.15, 0.2) is 0 Å². The molecule has 154 valence electrons. The molecule has 0 aromatic heterocycles. The van der Waals surface area contributed by atoms with E-state index in [-0.39, 0.29) is 5.91 Å². The van der Waals surface area contributed by atoms with E-state index >= 15 is 0 Å². The Kier molecular flexibility index (Phi) is 5.96. The molecule has 1 amide bonds. The number of rotatable bonds is 4. The van der Waals surface area contributed by atoms with Gasteiger partial charge in [0.1, 0.15) is 5.75 Å². The lowest BCUT2D eigenvalue weighted by Gasteiger charge is -2.42. The molecule has 1 atom stereocenters. The summed E-state index contributed by atoms with van der Waals surface area (Å²) in [4.78, 5) is 17.9. The van der Waals surface area contributed by atoms with Crippen LogP contribution in [-0.4, -0.2) is 55.5 Å². The quantitative estimate of drug-likeness (QED) is 0.765. The molecule has 1 aromatic rings. The number of benzene rings is 1. The molecule has 1 aromatic carbocycles. The van der Waals surface area contributed by atoms with Gasteiger partial charge in [-0.25, -0.2) is 0 Å². The number of carbonyl (C=O) groups is 1. The lowest BCUT2D eigenvalue weighted by Crippen LogP contribution is -2.47. The lowest BCUT2D eigenvalue weighted by molar-refractivity contribution is 0.0630. The second kappa shape index (κ2) is 8.44. The van der Waals surface area contributed by atoms with E-state index in [1.807, 2.05) is 25.1 Å². The second-order valence-electron chi connectivity index (χ2n) is 9.50. The Morgan fingerprint density at radius 1 is 1.11 bits per heavy atom. The van der Waals surface area contributed by atoms with Gasteiger partial charge in [0, 0.05) is 37.2 Å². The summed E-state index contributed by atoms with van der Waals surface area (Å²) in [6.07, 6.45) is 10.8. The van der Waals surface area contributed by atoms with Crippen molar-refractivity contribution >= 4 is 5.91 Å². The van der Waals surface area contributed by atoms with E-state index in [1.54, 1.807) is 7.11 Å². The molecular weight excluding hydrogens is 348 g/mol. The van der Waals surface area contributed by atoms with Crippen molar-refractivity contribution in [1.82, 2.24) is 9.80 Å². The molecule has 2 saturated heterocycles. The Hall–Kier alpha value is -1.55. The Bertz CT molecular complexity index is 698. The van der Waals surface area contributed by atoms with Gasteiger partial charge in [-0.3, -0.25) is 4.79 Å². The molecule has 2 aliphatic heterocycles. The SMILES string of the molecule is COc1cc(C(=O)N2CCC3(CCCN(CC4CCCCC4)C3)C2)ccc1C. The molecule has 3 fully saturated rings. The first-order chi connectivity index (χ1) is 13.6. The van der Waals surface area contributed by atoms with Crippen LogP contribution in [0.3, 0.4) is 0 Å². The normalized spacial score (nSPS) is 26.7. The Balaban J connectivity index is 1.38. The maximum absolute atomic E-state index is 13.1. The molecule has 2 heterocycles. The van der Waals surface area contributed by atoms with Crippen LogP contribution in [0.15, 0.2) is 18.2 Å². The molecule has 4 heteroatoms. The summed E-state index contributed by atoms with van der Waals surface area (Å²) in [7, 11) is 1.67. The van der Waals surface area contributed by atoms with E-state index < -0.39 is 0 Å². The summed E-state index contributed by atoms with van der Waals surface area (Å²) in [5.74, 6) is 1.87. The van der Waals surface area contributed by atoms with Crippen LogP contribution in [0.2, 0.25) is 0 Å². The van der Waals surface area contributed by atoms with Crippen LogP contribution in [0.4, 0.5) is 0 Å². The van der Waals surface area contributed by atoms with Crippen molar-refractivity contribution in [2.75, 3.05) is 39.8 Å². The number of carbonyl (C=O) groups excluding carboxylic acids is 1. The fourth-order valence-electron chi connectivity index (χ4n) is 5.78. The van der Waals surface area contributed by atoms with Gasteiger partial charge in [0.2, 0.25) is 0 Å². The van der Waals surface area contributed by atoms with Crippen molar-refractivity contribution < 1.29 is 9.53 Å². The number of amides is 1.